The maximum absolute atomic E-state index is 12.3. The summed E-state index contributed by atoms with van der Waals surface area (Å²) in [6.45, 7) is 12.2. The van der Waals surface area contributed by atoms with Gasteiger partial charge in [0, 0.05) is 18.3 Å². The van der Waals surface area contributed by atoms with Crippen LogP contribution in [-0.2, 0) is 4.74 Å². The first-order chi connectivity index (χ1) is 10.4. The van der Waals surface area contributed by atoms with Crippen LogP contribution in [0.4, 0.5) is 0 Å². The second-order valence-electron chi connectivity index (χ2n) is 5.40. The Labute approximate surface area is 132 Å². The average molecular weight is 309 g/mol. The first-order valence-electron chi connectivity index (χ1n) is 7.66. The summed E-state index contributed by atoms with van der Waals surface area (Å²) >= 11 is 0. The molecule has 1 unspecified atom stereocenters. The predicted molar refractivity (Wildman–Crippen MR) is 86.3 cm³/mol. The molecule has 6 nitrogen and oxygen atoms in total. The number of carbonyl (C=O) groups is 2. The van der Waals surface area contributed by atoms with Crippen LogP contribution in [-0.4, -0.2) is 54.5 Å². The Balaban J connectivity index is 2.81. The number of esters is 1. The highest BCUT2D eigenvalue weighted by molar-refractivity contribution is 6.00. The van der Waals surface area contributed by atoms with Crippen LogP contribution in [0, 0.1) is 13.8 Å². The second-order valence-corrected chi connectivity index (χ2v) is 5.40. The van der Waals surface area contributed by atoms with E-state index in [1.54, 1.807) is 13.8 Å². The molecule has 0 bridgehead atoms. The lowest BCUT2D eigenvalue weighted by Crippen LogP contribution is -2.42. The highest BCUT2D eigenvalue weighted by Crippen LogP contribution is 2.18. The van der Waals surface area contributed by atoms with Crippen LogP contribution in [0.25, 0.3) is 0 Å². The number of aryl methyl sites for hydroxylation is 1. The molecular formula is C16H27N3O3. The molecule has 1 heterocycles. The number of rotatable bonds is 7. The maximum atomic E-state index is 12.3. The average Bonchev–Trinajstić information content (AvgIpc) is 2.80. The Morgan fingerprint density at radius 3 is 2.36 bits per heavy atom. The van der Waals surface area contributed by atoms with E-state index in [9.17, 15) is 9.59 Å². The van der Waals surface area contributed by atoms with Crippen molar-refractivity contribution < 1.29 is 14.3 Å². The van der Waals surface area contributed by atoms with Gasteiger partial charge >= 0.3 is 5.97 Å². The van der Waals surface area contributed by atoms with Gasteiger partial charge in [0.05, 0.1) is 12.7 Å². The van der Waals surface area contributed by atoms with Gasteiger partial charge in [-0.15, -0.1) is 0 Å². The fourth-order valence-electron chi connectivity index (χ4n) is 2.69. The predicted octanol–water partition coefficient (Wildman–Crippen LogP) is 1.88. The fraction of sp³-hybridized carbons (Fsp3) is 0.625. The lowest BCUT2D eigenvalue weighted by molar-refractivity contribution is 0.0599. The van der Waals surface area contributed by atoms with Crippen molar-refractivity contribution in [2.24, 2.45) is 0 Å². The zero-order valence-corrected chi connectivity index (χ0v) is 14.4. The summed E-state index contributed by atoms with van der Waals surface area (Å²) in [6.07, 6.45) is 0. The van der Waals surface area contributed by atoms with Crippen LogP contribution >= 0.6 is 0 Å². The second kappa shape index (κ2) is 7.98. The lowest BCUT2D eigenvalue weighted by atomic mass is 10.1. The molecule has 2 N–H and O–H groups in total. The molecule has 0 fully saturated rings. The normalized spacial score (nSPS) is 12.3. The van der Waals surface area contributed by atoms with Crippen molar-refractivity contribution in [1.82, 2.24) is 15.2 Å². The van der Waals surface area contributed by atoms with E-state index in [4.69, 9.17) is 4.74 Å². The zero-order chi connectivity index (χ0) is 16.9. The molecular weight excluding hydrogens is 282 g/mol. The molecule has 0 spiro atoms. The topological polar surface area (TPSA) is 74.4 Å². The molecule has 1 atom stereocenters. The lowest BCUT2D eigenvalue weighted by Gasteiger charge is -2.26. The molecule has 0 radical (unpaired) electrons. The molecule has 1 rings (SSSR count). The quantitative estimate of drug-likeness (QED) is 0.754. The number of likely N-dealkylation sites (N-methyl/N-ethyl adjacent to an activating group) is 1. The smallest absolute Gasteiger partial charge is 0.339 e. The van der Waals surface area contributed by atoms with Crippen LogP contribution in [0.3, 0.4) is 0 Å². The van der Waals surface area contributed by atoms with Gasteiger partial charge in [-0.2, -0.15) is 0 Å². The Kier molecular flexibility index (Phi) is 6.61. The van der Waals surface area contributed by atoms with Crippen molar-refractivity contribution in [2.45, 2.75) is 40.7 Å². The number of nitrogens with zero attached hydrogens (tertiary/aromatic N) is 1. The minimum atomic E-state index is -0.429. The van der Waals surface area contributed by atoms with Crippen molar-refractivity contribution in [3.8, 4) is 0 Å². The van der Waals surface area contributed by atoms with Crippen LogP contribution in [0.1, 0.15) is 52.9 Å². The van der Waals surface area contributed by atoms with Crippen molar-refractivity contribution in [1.29, 1.82) is 0 Å². The van der Waals surface area contributed by atoms with E-state index < -0.39 is 5.97 Å². The number of hydrogen-bond donors (Lipinski definition) is 2. The number of aromatic amines is 1. The minimum absolute atomic E-state index is 0.199. The van der Waals surface area contributed by atoms with Gasteiger partial charge in [-0.1, -0.05) is 13.8 Å². The van der Waals surface area contributed by atoms with E-state index in [-0.39, 0.29) is 11.9 Å². The first-order valence-corrected chi connectivity index (χ1v) is 7.66. The molecule has 1 aromatic rings. The van der Waals surface area contributed by atoms with Gasteiger partial charge in [0.25, 0.3) is 5.91 Å². The number of carbonyl (C=O) groups excluding carboxylic acids is 2. The van der Waals surface area contributed by atoms with Crippen LogP contribution < -0.4 is 5.32 Å². The van der Waals surface area contributed by atoms with Crippen molar-refractivity contribution in [2.75, 3.05) is 26.7 Å². The third-order valence-corrected chi connectivity index (χ3v) is 4.05. The molecule has 1 amide bonds. The van der Waals surface area contributed by atoms with E-state index in [0.29, 0.717) is 29.1 Å². The highest BCUT2D eigenvalue weighted by atomic mass is 16.5. The summed E-state index contributed by atoms with van der Waals surface area (Å²) in [6, 6.07) is 0.260. The third-order valence-electron chi connectivity index (χ3n) is 4.05. The number of ether oxygens (including phenoxy) is 1. The summed E-state index contributed by atoms with van der Waals surface area (Å²) in [7, 11) is 1.33. The van der Waals surface area contributed by atoms with Gasteiger partial charge in [0.15, 0.2) is 0 Å². The standard InChI is InChI=1S/C16H27N3O3/c1-7-19(8-2)10(3)9-17-15(20)14-11(4)13(12(5)18-14)16(21)22-6/h10,18H,7-9H2,1-6H3,(H,17,20). The largest absolute Gasteiger partial charge is 0.465 e. The number of hydrogen-bond acceptors (Lipinski definition) is 4. The summed E-state index contributed by atoms with van der Waals surface area (Å²) in [4.78, 5) is 29.3. The Hall–Kier alpha value is -1.82. The highest BCUT2D eigenvalue weighted by Gasteiger charge is 2.22. The Morgan fingerprint density at radius 2 is 1.86 bits per heavy atom. The molecule has 22 heavy (non-hydrogen) atoms. The number of methoxy groups -OCH3 is 1. The van der Waals surface area contributed by atoms with E-state index >= 15 is 0 Å². The van der Waals surface area contributed by atoms with Gasteiger partial charge in [-0.25, -0.2) is 4.79 Å². The molecule has 0 aliphatic rings. The molecule has 0 saturated carbocycles. The summed E-state index contributed by atoms with van der Waals surface area (Å²) in [5.41, 5.74) is 2.12. The number of amides is 1. The molecule has 6 heteroatoms. The Morgan fingerprint density at radius 1 is 1.27 bits per heavy atom. The SMILES string of the molecule is CCN(CC)C(C)CNC(=O)c1[nH]c(C)c(C(=O)OC)c1C. The van der Waals surface area contributed by atoms with E-state index in [2.05, 4.69) is 36.0 Å². The van der Waals surface area contributed by atoms with Gasteiger partial charge < -0.3 is 15.0 Å². The van der Waals surface area contributed by atoms with E-state index in [1.165, 1.54) is 7.11 Å². The monoisotopic (exact) mass is 309 g/mol. The van der Waals surface area contributed by atoms with Gasteiger partial charge in [-0.05, 0) is 39.4 Å². The molecule has 0 aromatic carbocycles. The first kappa shape index (κ1) is 18.2. The van der Waals surface area contributed by atoms with Crippen molar-refractivity contribution >= 4 is 11.9 Å². The molecule has 0 aliphatic carbocycles. The molecule has 0 saturated heterocycles. The molecule has 124 valence electrons. The Bertz CT molecular complexity index is 533. The zero-order valence-electron chi connectivity index (χ0n) is 14.4. The number of H-pyrrole nitrogens is 1. The summed E-state index contributed by atoms with van der Waals surface area (Å²) < 4.78 is 4.75. The summed E-state index contributed by atoms with van der Waals surface area (Å²) in [5, 5.41) is 2.92. The number of aromatic nitrogens is 1. The maximum Gasteiger partial charge on any atom is 0.339 e. The molecule has 0 aliphatic heterocycles. The van der Waals surface area contributed by atoms with E-state index in [1.807, 2.05) is 0 Å². The van der Waals surface area contributed by atoms with Gasteiger partial charge in [-0.3, -0.25) is 9.69 Å². The van der Waals surface area contributed by atoms with Crippen LogP contribution in [0.5, 0.6) is 0 Å². The number of nitrogens with one attached hydrogen (secondary N) is 2. The van der Waals surface area contributed by atoms with Crippen LogP contribution in [0.15, 0.2) is 0 Å². The van der Waals surface area contributed by atoms with Gasteiger partial charge in [0.2, 0.25) is 0 Å². The van der Waals surface area contributed by atoms with Crippen molar-refractivity contribution in [3.63, 3.8) is 0 Å². The van der Waals surface area contributed by atoms with Crippen molar-refractivity contribution in [3.05, 3.63) is 22.5 Å². The van der Waals surface area contributed by atoms with Gasteiger partial charge in [0.1, 0.15) is 5.69 Å². The minimum Gasteiger partial charge on any atom is -0.465 e. The summed E-state index contributed by atoms with van der Waals surface area (Å²) in [5.74, 6) is -0.628. The third kappa shape index (κ3) is 3.88. The van der Waals surface area contributed by atoms with Crippen LogP contribution in [0.2, 0.25) is 0 Å². The van der Waals surface area contributed by atoms with E-state index in [0.717, 1.165) is 13.1 Å². The molecule has 1 aromatic heterocycles. The fourth-order valence-corrected chi connectivity index (χ4v) is 2.69.